The number of anilines is 1. The second kappa shape index (κ2) is 10.0. The third kappa shape index (κ3) is 6.42. The van der Waals surface area contributed by atoms with Crippen molar-refractivity contribution in [2.24, 2.45) is 0 Å². The van der Waals surface area contributed by atoms with Crippen molar-refractivity contribution in [1.29, 1.82) is 0 Å². The summed E-state index contributed by atoms with van der Waals surface area (Å²) in [6.07, 6.45) is 2.59. The monoisotopic (exact) mass is 317 g/mol. The second-order valence-corrected chi connectivity index (χ2v) is 5.62. The highest BCUT2D eigenvalue weighted by atomic mass is 16.5. The van der Waals surface area contributed by atoms with Gasteiger partial charge in [0.1, 0.15) is 12.0 Å². The largest absolute Gasteiger partial charge is 0.375 e. The number of ether oxygens (including phenoxy) is 1. The molecule has 0 atom stereocenters. The molecule has 5 nitrogen and oxygen atoms in total. The van der Waals surface area contributed by atoms with Crippen LogP contribution in [0.15, 0.2) is 47.2 Å². The summed E-state index contributed by atoms with van der Waals surface area (Å²) in [6.45, 7) is 7.61. The summed E-state index contributed by atoms with van der Waals surface area (Å²) >= 11 is 0. The van der Waals surface area contributed by atoms with Gasteiger partial charge in [0.05, 0.1) is 6.61 Å². The summed E-state index contributed by atoms with van der Waals surface area (Å²) in [4.78, 5) is 4.75. The van der Waals surface area contributed by atoms with Gasteiger partial charge in [-0.2, -0.15) is 0 Å². The first-order valence-electron chi connectivity index (χ1n) is 8.25. The van der Waals surface area contributed by atoms with Gasteiger partial charge >= 0.3 is 0 Å². The van der Waals surface area contributed by atoms with Gasteiger partial charge in [-0.25, -0.2) is 0 Å². The number of hydrogen-bond acceptors (Lipinski definition) is 5. The predicted octanol–water partition coefficient (Wildman–Crippen LogP) is 3.04. The zero-order chi connectivity index (χ0) is 16.3. The van der Waals surface area contributed by atoms with Crippen molar-refractivity contribution in [1.82, 2.24) is 10.1 Å². The SMILES string of the molecule is CCN(CCN(C)CCCOCc1ccon1)c1ccccc1. The minimum atomic E-state index is 0.526. The van der Waals surface area contributed by atoms with E-state index in [0.29, 0.717) is 6.61 Å². The van der Waals surface area contributed by atoms with E-state index in [9.17, 15) is 0 Å². The number of para-hydroxylation sites is 1. The molecule has 0 fully saturated rings. The Morgan fingerprint density at radius 1 is 1.09 bits per heavy atom. The van der Waals surface area contributed by atoms with Gasteiger partial charge in [0.25, 0.3) is 0 Å². The third-order valence-electron chi connectivity index (χ3n) is 3.82. The minimum Gasteiger partial charge on any atom is -0.375 e. The first-order chi connectivity index (χ1) is 11.3. The number of nitrogens with zero attached hydrogens (tertiary/aromatic N) is 3. The van der Waals surface area contributed by atoms with E-state index in [1.165, 1.54) is 5.69 Å². The molecule has 0 N–H and O–H groups in total. The molecular formula is C18H27N3O2. The Balaban J connectivity index is 1.58. The fourth-order valence-electron chi connectivity index (χ4n) is 2.44. The maximum absolute atomic E-state index is 5.58. The Hall–Kier alpha value is -1.85. The van der Waals surface area contributed by atoms with Crippen molar-refractivity contribution in [3.05, 3.63) is 48.4 Å². The molecule has 2 rings (SSSR count). The molecule has 23 heavy (non-hydrogen) atoms. The Labute approximate surface area is 138 Å². The molecule has 1 aromatic carbocycles. The van der Waals surface area contributed by atoms with Crippen LogP contribution < -0.4 is 4.90 Å². The van der Waals surface area contributed by atoms with Gasteiger partial charge in [-0.05, 0) is 32.5 Å². The molecule has 2 aromatic rings. The van der Waals surface area contributed by atoms with Gasteiger partial charge in [0, 0.05) is 44.5 Å². The Bertz CT molecular complexity index is 516. The van der Waals surface area contributed by atoms with E-state index in [2.05, 4.69) is 59.3 Å². The second-order valence-electron chi connectivity index (χ2n) is 5.62. The standard InChI is InChI=1S/C18H27N3O2/c1-3-21(18-8-5-4-6-9-18)13-12-20(2)11-7-14-22-16-17-10-15-23-19-17/h4-6,8-10,15H,3,7,11-14,16H2,1-2H3. The van der Waals surface area contributed by atoms with Crippen molar-refractivity contribution in [2.75, 3.05) is 44.7 Å². The molecule has 5 heteroatoms. The minimum absolute atomic E-state index is 0.526. The van der Waals surface area contributed by atoms with E-state index < -0.39 is 0 Å². The molecule has 0 unspecified atom stereocenters. The third-order valence-corrected chi connectivity index (χ3v) is 3.82. The Morgan fingerprint density at radius 3 is 2.61 bits per heavy atom. The molecule has 0 aliphatic carbocycles. The normalized spacial score (nSPS) is 11.1. The molecule has 1 heterocycles. The molecular weight excluding hydrogens is 290 g/mol. The lowest BCUT2D eigenvalue weighted by molar-refractivity contribution is 0.107. The van der Waals surface area contributed by atoms with Crippen LogP contribution in [0.25, 0.3) is 0 Å². The molecule has 0 saturated heterocycles. The highest BCUT2D eigenvalue weighted by molar-refractivity contribution is 5.45. The Kier molecular flexibility index (Phi) is 7.63. The lowest BCUT2D eigenvalue weighted by Crippen LogP contribution is -2.33. The quantitative estimate of drug-likeness (QED) is 0.596. The first kappa shape index (κ1) is 17.5. The average molecular weight is 317 g/mol. The van der Waals surface area contributed by atoms with Crippen molar-refractivity contribution in [3.8, 4) is 0 Å². The molecule has 0 radical (unpaired) electrons. The lowest BCUT2D eigenvalue weighted by atomic mass is 10.3. The fourth-order valence-corrected chi connectivity index (χ4v) is 2.44. The van der Waals surface area contributed by atoms with E-state index in [4.69, 9.17) is 9.26 Å². The number of benzene rings is 1. The lowest BCUT2D eigenvalue weighted by Gasteiger charge is -2.26. The average Bonchev–Trinajstić information content (AvgIpc) is 3.09. The van der Waals surface area contributed by atoms with Gasteiger partial charge in [-0.3, -0.25) is 0 Å². The van der Waals surface area contributed by atoms with Gasteiger partial charge < -0.3 is 19.1 Å². The summed E-state index contributed by atoms with van der Waals surface area (Å²) in [5.41, 5.74) is 2.14. The number of aromatic nitrogens is 1. The van der Waals surface area contributed by atoms with Crippen LogP contribution in [0, 0.1) is 0 Å². The highest BCUT2D eigenvalue weighted by Gasteiger charge is 2.05. The number of likely N-dealkylation sites (N-methyl/N-ethyl adjacent to an activating group) is 2. The molecule has 0 bridgehead atoms. The van der Waals surface area contributed by atoms with Crippen molar-refractivity contribution in [2.45, 2.75) is 20.0 Å². The van der Waals surface area contributed by atoms with Crippen molar-refractivity contribution < 1.29 is 9.26 Å². The van der Waals surface area contributed by atoms with Crippen LogP contribution in [-0.4, -0.2) is 49.9 Å². The molecule has 0 spiro atoms. The summed E-state index contributed by atoms with van der Waals surface area (Å²) in [7, 11) is 2.16. The first-order valence-corrected chi connectivity index (χ1v) is 8.25. The van der Waals surface area contributed by atoms with E-state index in [0.717, 1.165) is 44.9 Å². The summed E-state index contributed by atoms with van der Waals surface area (Å²) in [5.74, 6) is 0. The smallest absolute Gasteiger partial charge is 0.124 e. The van der Waals surface area contributed by atoms with Gasteiger partial charge in [-0.15, -0.1) is 0 Å². The van der Waals surface area contributed by atoms with Crippen LogP contribution in [0.3, 0.4) is 0 Å². The molecule has 0 saturated carbocycles. The van der Waals surface area contributed by atoms with Crippen LogP contribution in [0.2, 0.25) is 0 Å². The van der Waals surface area contributed by atoms with E-state index in [1.54, 1.807) is 6.26 Å². The van der Waals surface area contributed by atoms with Gasteiger partial charge in [0.15, 0.2) is 0 Å². The maximum atomic E-state index is 5.58. The molecule has 0 aliphatic rings. The number of rotatable bonds is 11. The van der Waals surface area contributed by atoms with Gasteiger partial charge in [0.2, 0.25) is 0 Å². The van der Waals surface area contributed by atoms with E-state index >= 15 is 0 Å². The zero-order valence-electron chi connectivity index (χ0n) is 14.1. The predicted molar refractivity (Wildman–Crippen MR) is 92.6 cm³/mol. The van der Waals surface area contributed by atoms with Crippen molar-refractivity contribution >= 4 is 5.69 Å². The van der Waals surface area contributed by atoms with Crippen LogP contribution in [0.5, 0.6) is 0 Å². The van der Waals surface area contributed by atoms with Crippen LogP contribution in [-0.2, 0) is 11.3 Å². The summed E-state index contributed by atoms with van der Waals surface area (Å²) in [6, 6.07) is 12.4. The summed E-state index contributed by atoms with van der Waals surface area (Å²) < 4.78 is 10.4. The molecule has 0 amide bonds. The van der Waals surface area contributed by atoms with E-state index in [-0.39, 0.29) is 0 Å². The highest BCUT2D eigenvalue weighted by Crippen LogP contribution is 2.12. The van der Waals surface area contributed by atoms with Crippen molar-refractivity contribution in [3.63, 3.8) is 0 Å². The summed E-state index contributed by atoms with van der Waals surface area (Å²) in [5, 5.41) is 3.82. The van der Waals surface area contributed by atoms with Crippen LogP contribution >= 0.6 is 0 Å². The topological polar surface area (TPSA) is 41.7 Å². The van der Waals surface area contributed by atoms with E-state index in [1.807, 2.05) is 6.07 Å². The molecule has 1 aromatic heterocycles. The fraction of sp³-hybridized carbons (Fsp3) is 0.500. The Morgan fingerprint density at radius 2 is 1.91 bits per heavy atom. The van der Waals surface area contributed by atoms with Crippen LogP contribution in [0.4, 0.5) is 5.69 Å². The molecule has 126 valence electrons. The van der Waals surface area contributed by atoms with Crippen LogP contribution in [0.1, 0.15) is 19.0 Å². The molecule has 0 aliphatic heterocycles. The zero-order valence-corrected chi connectivity index (χ0v) is 14.1. The maximum Gasteiger partial charge on any atom is 0.124 e. The number of hydrogen-bond donors (Lipinski definition) is 0. The van der Waals surface area contributed by atoms with Gasteiger partial charge in [-0.1, -0.05) is 23.4 Å².